The van der Waals surface area contributed by atoms with Crippen LogP contribution in [-0.4, -0.2) is 4.92 Å². The molecule has 0 N–H and O–H groups in total. The number of fused-ring (bicyclic) bond motifs is 1. The summed E-state index contributed by atoms with van der Waals surface area (Å²) < 4.78 is 0. The van der Waals surface area contributed by atoms with Crippen molar-refractivity contribution in [1.82, 2.24) is 0 Å². The first-order valence-electron chi connectivity index (χ1n) is 7.03. The number of hydrogen-bond donors (Lipinski definition) is 0. The number of rotatable bonds is 3. The number of nitro benzene ring substituents is 1. The molecule has 3 aromatic carbocycles. The third-order valence-corrected chi connectivity index (χ3v) is 3.63. The quantitative estimate of drug-likeness (QED) is 0.301. The van der Waals surface area contributed by atoms with Gasteiger partial charge in [-0.05, 0) is 40.1 Å². The molecule has 110 valence electrons. The van der Waals surface area contributed by atoms with Crippen molar-refractivity contribution in [3.63, 3.8) is 0 Å². The van der Waals surface area contributed by atoms with Crippen LogP contribution in [0.25, 0.3) is 22.4 Å². The van der Waals surface area contributed by atoms with Crippen LogP contribution in [0.15, 0.2) is 66.7 Å². The van der Waals surface area contributed by atoms with Crippen molar-refractivity contribution < 1.29 is 4.92 Å². The molecule has 0 bridgehead atoms. The largest absolute Gasteiger partial charge is 0.269 e. The van der Waals surface area contributed by atoms with E-state index in [1.807, 2.05) is 48.5 Å². The zero-order valence-corrected chi connectivity index (χ0v) is 12.1. The maximum Gasteiger partial charge on any atom is 0.269 e. The van der Waals surface area contributed by atoms with Crippen LogP contribution in [0.2, 0.25) is 0 Å². The van der Waals surface area contributed by atoms with Crippen molar-refractivity contribution in [2.45, 2.75) is 0 Å². The number of nitriles is 1. The van der Waals surface area contributed by atoms with Gasteiger partial charge in [-0.3, -0.25) is 10.1 Å². The fourth-order valence-corrected chi connectivity index (χ4v) is 2.47. The van der Waals surface area contributed by atoms with E-state index in [0.29, 0.717) is 11.1 Å². The summed E-state index contributed by atoms with van der Waals surface area (Å²) in [5.41, 5.74) is 2.08. The van der Waals surface area contributed by atoms with Crippen molar-refractivity contribution in [1.29, 1.82) is 5.26 Å². The molecule has 4 heteroatoms. The van der Waals surface area contributed by atoms with Crippen LogP contribution >= 0.6 is 0 Å². The Kier molecular flexibility index (Phi) is 3.86. The Morgan fingerprint density at radius 3 is 2.39 bits per heavy atom. The first-order chi connectivity index (χ1) is 11.2. The summed E-state index contributed by atoms with van der Waals surface area (Å²) in [5.74, 6) is 0. The topological polar surface area (TPSA) is 66.9 Å². The highest BCUT2D eigenvalue weighted by molar-refractivity contribution is 5.98. The molecule has 0 saturated heterocycles. The molecule has 0 aliphatic rings. The van der Waals surface area contributed by atoms with E-state index in [9.17, 15) is 15.4 Å². The van der Waals surface area contributed by atoms with Crippen molar-refractivity contribution in [2.24, 2.45) is 0 Å². The molecule has 0 amide bonds. The molecule has 0 unspecified atom stereocenters. The number of hydrogen-bond acceptors (Lipinski definition) is 3. The van der Waals surface area contributed by atoms with E-state index in [2.05, 4.69) is 6.07 Å². The van der Waals surface area contributed by atoms with Gasteiger partial charge in [-0.15, -0.1) is 0 Å². The highest BCUT2D eigenvalue weighted by atomic mass is 16.6. The van der Waals surface area contributed by atoms with Crippen LogP contribution < -0.4 is 0 Å². The van der Waals surface area contributed by atoms with Crippen molar-refractivity contribution >= 4 is 28.1 Å². The average Bonchev–Trinajstić information content (AvgIpc) is 2.60. The lowest BCUT2D eigenvalue weighted by Crippen LogP contribution is -1.88. The molecule has 0 saturated carbocycles. The lowest BCUT2D eigenvalue weighted by Gasteiger charge is -2.04. The monoisotopic (exact) mass is 300 g/mol. The number of benzene rings is 3. The molecule has 3 aromatic rings. The van der Waals surface area contributed by atoms with Crippen molar-refractivity contribution in [3.05, 3.63) is 88.0 Å². The van der Waals surface area contributed by atoms with Crippen molar-refractivity contribution in [3.8, 4) is 6.07 Å². The highest BCUT2D eigenvalue weighted by Gasteiger charge is 2.07. The molecule has 4 nitrogen and oxygen atoms in total. The molecular weight excluding hydrogens is 288 g/mol. The number of nitro groups is 1. The van der Waals surface area contributed by atoms with Gasteiger partial charge in [0.05, 0.1) is 16.6 Å². The van der Waals surface area contributed by atoms with Gasteiger partial charge in [-0.2, -0.15) is 5.26 Å². The van der Waals surface area contributed by atoms with E-state index in [0.717, 1.165) is 16.3 Å². The predicted octanol–water partition coefficient (Wildman–Crippen LogP) is 4.81. The second-order valence-electron chi connectivity index (χ2n) is 5.04. The third-order valence-electron chi connectivity index (χ3n) is 3.63. The minimum Gasteiger partial charge on any atom is -0.258 e. The summed E-state index contributed by atoms with van der Waals surface area (Å²) in [5, 5.41) is 22.3. The lowest BCUT2D eigenvalue weighted by atomic mass is 9.99. The number of allylic oxidation sites excluding steroid dienone is 1. The molecule has 0 spiro atoms. The lowest BCUT2D eigenvalue weighted by molar-refractivity contribution is -0.384. The van der Waals surface area contributed by atoms with Gasteiger partial charge >= 0.3 is 0 Å². The van der Waals surface area contributed by atoms with Gasteiger partial charge in [-0.1, -0.05) is 42.5 Å². The zero-order valence-electron chi connectivity index (χ0n) is 12.1. The third kappa shape index (κ3) is 2.94. The van der Waals surface area contributed by atoms with Gasteiger partial charge in [0, 0.05) is 12.1 Å². The summed E-state index contributed by atoms with van der Waals surface area (Å²) >= 11 is 0. The smallest absolute Gasteiger partial charge is 0.258 e. The van der Waals surface area contributed by atoms with E-state index in [1.165, 1.54) is 12.1 Å². The average molecular weight is 300 g/mol. The maximum absolute atomic E-state index is 10.7. The Morgan fingerprint density at radius 1 is 1.00 bits per heavy atom. The fourth-order valence-electron chi connectivity index (χ4n) is 2.47. The van der Waals surface area contributed by atoms with Gasteiger partial charge in [0.15, 0.2) is 0 Å². The van der Waals surface area contributed by atoms with Crippen LogP contribution in [0.4, 0.5) is 5.69 Å². The summed E-state index contributed by atoms with van der Waals surface area (Å²) in [6.07, 6.45) is 1.81. The fraction of sp³-hybridized carbons (Fsp3) is 0. The SMILES string of the molecule is N#CC(=Cc1cccc2ccccc12)c1ccc([N+](=O)[O-])cc1. The Bertz CT molecular complexity index is 946. The number of nitrogens with zero attached hydrogens (tertiary/aromatic N) is 2. The first-order valence-corrected chi connectivity index (χ1v) is 7.03. The van der Waals surface area contributed by atoms with Crippen molar-refractivity contribution in [2.75, 3.05) is 0 Å². The predicted molar refractivity (Wildman–Crippen MR) is 90.5 cm³/mol. The molecule has 3 rings (SSSR count). The summed E-state index contributed by atoms with van der Waals surface area (Å²) in [6.45, 7) is 0. The molecule has 0 aliphatic heterocycles. The molecule has 0 aliphatic carbocycles. The van der Waals surface area contributed by atoms with E-state index in [-0.39, 0.29) is 5.69 Å². The van der Waals surface area contributed by atoms with Gasteiger partial charge in [0.2, 0.25) is 0 Å². The van der Waals surface area contributed by atoms with Gasteiger partial charge in [0.25, 0.3) is 5.69 Å². The second-order valence-corrected chi connectivity index (χ2v) is 5.04. The van der Waals surface area contributed by atoms with E-state index >= 15 is 0 Å². The van der Waals surface area contributed by atoms with Gasteiger partial charge in [0.1, 0.15) is 0 Å². The molecule has 0 atom stereocenters. The minimum absolute atomic E-state index is 0.0104. The molecular formula is C19H12N2O2. The molecule has 0 fully saturated rings. The summed E-state index contributed by atoms with van der Waals surface area (Å²) in [4.78, 5) is 10.3. The van der Waals surface area contributed by atoms with Crippen LogP contribution in [-0.2, 0) is 0 Å². The molecule has 0 radical (unpaired) electrons. The van der Waals surface area contributed by atoms with Crippen LogP contribution in [0, 0.1) is 21.4 Å². The van der Waals surface area contributed by atoms with Gasteiger partial charge in [-0.25, -0.2) is 0 Å². The van der Waals surface area contributed by atoms with Crippen LogP contribution in [0.3, 0.4) is 0 Å². The maximum atomic E-state index is 10.7. The normalized spacial score (nSPS) is 11.2. The molecule has 0 heterocycles. The van der Waals surface area contributed by atoms with E-state index in [4.69, 9.17) is 0 Å². The van der Waals surface area contributed by atoms with E-state index in [1.54, 1.807) is 12.1 Å². The summed E-state index contributed by atoms with van der Waals surface area (Å²) in [7, 11) is 0. The Morgan fingerprint density at radius 2 is 1.70 bits per heavy atom. The minimum atomic E-state index is -0.454. The Labute approximate surface area is 133 Å². The first kappa shape index (κ1) is 14.5. The second kappa shape index (κ2) is 6.12. The Hall–Kier alpha value is -3.45. The van der Waals surface area contributed by atoms with Gasteiger partial charge < -0.3 is 0 Å². The summed E-state index contributed by atoms with van der Waals surface area (Å²) in [6, 6.07) is 22.0. The van der Waals surface area contributed by atoms with Crippen LogP contribution in [0.1, 0.15) is 11.1 Å². The molecule has 23 heavy (non-hydrogen) atoms. The van der Waals surface area contributed by atoms with Crippen LogP contribution in [0.5, 0.6) is 0 Å². The zero-order chi connectivity index (χ0) is 16.2. The highest BCUT2D eigenvalue weighted by Crippen LogP contribution is 2.25. The van der Waals surface area contributed by atoms with E-state index < -0.39 is 4.92 Å². The Balaban J connectivity index is 2.08. The molecule has 0 aromatic heterocycles. The standard InChI is InChI=1S/C19H12N2O2/c20-13-17(14-8-10-18(11-9-14)21(22)23)12-16-6-3-5-15-4-1-2-7-19(15)16/h1-12H. The number of non-ortho nitro benzene ring substituents is 1.